The summed E-state index contributed by atoms with van der Waals surface area (Å²) in [5.74, 6) is -0.587. The topological polar surface area (TPSA) is 91.1 Å². The van der Waals surface area contributed by atoms with Crippen LogP contribution in [-0.2, 0) is 22.6 Å². The van der Waals surface area contributed by atoms with E-state index in [0.717, 1.165) is 62.2 Å². The standard InChI is InChI=1S/C29H43N5O4/c1-4-5-13-33(14-6-12-31(2)3)27(35)20-34-19-24(22-7-8-26-23(18-22)10-17-38-26)28(29(36)37)25(34)9-15-32-16-11-30-21-32/h7-8,11,16,18,21,24-25,28H,4-6,9-10,12-15,17,19-20H2,1-3H3,(H,36,37). The first kappa shape index (κ1) is 28.1. The van der Waals surface area contributed by atoms with Crippen LogP contribution < -0.4 is 4.74 Å². The minimum absolute atomic E-state index is 0.0944. The second-order valence-electron chi connectivity index (χ2n) is 10.9. The van der Waals surface area contributed by atoms with Gasteiger partial charge in [-0.2, -0.15) is 0 Å². The average Bonchev–Trinajstić information content (AvgIpc) is 3.64. The van der Waals surface area contributed by atoms with Crippen molar-refractivity contribution in [3.05, 3.63) is 48.0 Å². The molecule has 9 heteroatoms. The SMILES string of the molecule is CCCCN(CCCN(C)C)C(=O)CN1CC(c2ccc3c(c2)CCO3)C(C(=O)O)C1CCn1ccnc1. The van der Waals surface area contributed by atoms with Crippen LogP contribution in [0.2, 0.25) is 0 Å². The minimum atomic E-state index is -0.800. The number of hydrogen-bond donors (Lipinski definition) is 1. The maximum atomic E-state index is 13.6. The van der Waals surface area contributed by atoms with Crippen LogP contribution in [0.25, 0.3) is 0 Å². The number of carbonyl (C=O) groups excluding carboxylic acids is 1. The molecule has 3 heterocycles. The predicted octanol–water partition coefficient (Wildman–Crippen LogP) is 2.96. The Morgan fingerprint density at radius 2 is 2.00 bits per heavy atom. The molecule has 0 spiro atoms. The van der Waals surface area contributed by atoms with Crippen molar-refractivity contribution in [2.24, 2.45) is 5.92 Å². The molecule has 9 nitrogen and oxygen atoms in total. The van der Waals surface area contributed by atoms with E-state index in [0.29, 0.717) is 26.1 Å². The lowest BCUT2D eigenvalue weighted by atomic mass is 9.83. The summed E-state index contributed by atoms with van der Waals surface area (Å²) in [6.45, 7) is 6.66. The second-order valence-corrected chi connectivity index (χ2v) is 10.9. The lowest BCUT2D eigenvalue weighted by Gasteiger charge is -2.30. The van der Waals surface area contributed by atoms with Crippen LogP contribution in [0.15, 0.2) is 36.9 Å². The van der Waals surface area contributed by atoms with Gasteiger partial charge in [0, 0.05) is 57.0 Å². The first-order valence-electron chi connectivity index (χ1n) is 14.0. The molecule has 208 valence electrons. The normalized spacial score (nSPS) is 21.0. The highest BCUT2D eigenvalue weighted by Crippen LogP contribution is 2.41. The molecule has 0 saturated carbocycles. The lowest BCUT2D eigenvalue weighted by molar-refractivity contribution is -0.144. The van der Waals surface area contributed by atoms with Crippen LogP contribution in [0, 0.1) is 5.92 Å². The summed E-state index contributed by atoms with van der Waals surface area (Å²) in [5.41, 5.74) is 2.17. The first-order chi connectivity index (χ1) is 18.4. The van der Waals surface area contributed by atoms with Gasteiger partial charge in [-0.05, 0) is 57.1 Å². The molecule has 1 aromatic carbocycles. The van der Waals surface area contributed by atoms with Crippen molar-refractivity contribution >= 4 is 11.9 Å². The number of benzene rings is 1. The molecule has 38 heavy (non-hydrogen) atoms. The number of imidazole rings is 1. The van der Waals surface area contributed by atoms with Crippen LogP contribution in [-0.4, -0.2) is 101 Å². The largest absolute Gasteiger partial charge is 0.493 e. The van der Waals surface area contributed by atoms with Gasteiger partial charge in [0.15, 0.2) is 0 Å². The van der Waals surface area contributed by atoms with Gasteiger partial charge in [0.2, 0.25) is 5.91 Å². The predicted molar refractivity (Wildman–Crippen MR) is 146 cm³/mol. The van der Waals surface area contributed by atoms with E-state index >= 15 is 0 Å². The van der Waals surface area contributed by atoms with Crippen molar-refractivity contribution in [2.45, 2.75) is 57.5 Å². The zero-order chi connectivity index (χ0) is 27.1. The molecule has 1 N–H and O–H groups in total. The Kier molecular flexibility index (Phi) is 9.80. The number of unbranched alkanes of at least 4 members (excludes halogenated alkanes) is 1. The van der Waals surface area contributed by atoms with E-state index < -0.39 is 11.9 Å². The van der Waals surface area contributed by atoms with Gasteiger partial charge in [0.25, 0.3) is 0 Å². The molecule has 1 fully saturated rings. The fourth-order valence-electron chi connectivity index (χ4n) is 5.89. The van der Waals surface area contributed by atoms with E-state index in [9.17, 15) is 14.7 Å². The smallest absolute Gasteiger partial charge is 0.308 e. The van der Waals surface area contributed by atoms with Gasteiger partial charge in [-0.25, -0.2) is 4.98 Å². The number of aromatic nitrogens is 2. The number of nitrogens with zero attached hydrogens (tertiary/aromatic N) is 5. The molecular weight excluding hydrogens is 482 g/mol. The lowest BCUT2D eigenvalue weighted by Crippen LogP contribution is -2.45. The molecule has 0 radical (unpaired) electrons. The van der Waals surface area contributed by atoms with Crippen molar-refractivity contribution < 1.29 is 19.4 Å². The maximum absolute atomic E-state index is 13.6. The average molecular weight is 526 g/mol. The second kappa shape index (κ2) is 13.2. The van der Waals surface area contributed by atoms with Gasteiger partial charge in [0.1, 0.15) is 5.75 Å². The molecule has 3 atom stereocenters. The number of rotatable bonds is 14. The number of amides is 1. The van der Waals surface area contributed by atoms with Crippen LogP contribution in [0.3, 0.4) is 0 Å². The Hall–Kier alpha value is -2.91. The van der Waals surface area contributed by atoms with Gasteiger partial charge in [-0.15, -0.1) is 0 Å². The third-order valence-electron chi connectivity index (χ3n) is 7.92. The maximum Gasteiger partial charge on any atom is 0.308 e. The van der Waals surface area contributed by atoms with Crippen LogP contribution in [0.1, 0.15) is 49.7 Å². The monoisotopic (exact) mass is 525 g/mol. The molecule has 2 aromatic rings. The number of ether oxygens (including phenoxy) is 1. The highest BCUT2D eigenvalue weighted by molar-refractivity contribution is 5.79. The van der Waals surface area contributed by atoms with E-state index in [1.54, 1.807) is 12.5 Å². The molecule has 1 amide bonds. The van der Waals surface area contributed by atoms with Crippen molar-refractivity contribution in [2.75, 3.05) is 53.4 Å². The summed E-state index contributed by atoms with van der Waals surface area (Å²) in [7, 11) is 4.09. The van der Waals surface area contributed by atoms with Gasteiger partial charge >= 0.3 is 5.97 Å². The molecule has 3 unspecified atom stereocenters. The molecule has 0 bridgehead atoms. The van der Waals surface area contributed by atoms with E-state index in [1.807, 2.05) is 41.9 Å². The van der Waals surface area contributed by atoms with Gasteiger partial charge in [-0.1, -0.05) is 25.5 Å². The molecule has 2 aliphatic heterocycles. The summed E-state index contributed by atoms with van der Waals surface area (Å²) < 4.78 is 7.66. The van der Waals surface area contributed by atoms with E-state index in [1.165, 1.54) is 0 Å². The third-order valence-corrected chi connectivity index (χ3v) is 7.92. The van der Waals surface area contributed by atoms with Crippen molar-refractivity contribution in [1.82, 2.24) is 24.3 Å². The number of likely N-dealkylation sites (tertiary alicyclic amines) is 1. The number of aryl methyl sites for hydroxylation is 1. The van der Waals surface area contributed by atoms with E-state index in [4.69, 9.17) is 4.74 Å². The van der Waals surface area contributed by atoms with Gasteiger partial charge in [-0.3, -0.25) is 14.5 Å². The summed E-state index contributed by atoms with van der Waals surface area (Å²) in [4.78, 5) is 36.7. The summed E-state index contributed by atoms with van der Waals surface area (Å²) >= 11 is 0. The fraction of sp³-hybridized carbons (Fsp3) is 0.621. The van der Waals surface area contributed by atoms with Gasteiger partial charge < -0.3 is 24.2 Å². The molecule has 1 saturated heterocycles. The quantitative estimate of drug-likeness (QED) is 0.406. The van der Waals surface area contributed by atoms with E-state index in [2.05, 4.69) is 27.8 Å². The molecule has 0 aliphatic carbocycles. The fourth-order valence-corrected chi connectivity index (χ4v) is 5.89. The van der Waals surface area contributed by atoms with Crippen molar-refractivity contribution in [1.29, 1.82) is 0 Å². The van der Waals surface area contributed by atoms with Crippen LogP contribution >= 0.6 is 0 Å². The van der Waals surface area contributed by atoms with Crippen LogP contribution in [0.5, 0.6) is 5.75 Å². The zero-order valence-corrected chi connectivity index (χ0v) is 23.1. The van der Waals surface area contributed by atoms with Crippen molar-refractivity contribution in [3.63, 3.8) is 0 Å². The van der Waals surface area contributed by atoms with Crippen LogP contribution in [0.4, 0.5) is 0 Å². The van der Waals surface area contributed by atoms with Gasteiger partial charge in [0.05, 0.1) is 25.4 Å². The number of fused-ring (bicyclic) bond motifs is 1. The Morgan fingerprint density at radius 3 is 2.71 bits per heavy atom. The molecule has 2 aliphatic rings. The Balaban J connectivity index is 1.55. The number of carboxylic acids is 1. The summed E-state index contributed by atoms with van der Waals surface area (Å²) in [6, 6.07) is 5.86. The Labute approximate surface area is 226 Å². The Bertz CT molecular complexity index is 1060. The molecule has 4 rings (SSSR count). The summed E-state index contributed by atoms with van der Waals surface area (Å²) in [6.07, 6.45) is 9.80. The number of hydrogen-bond acceptors (Lipinski definition) is 6. The number of aliphatic carboxylic acids is 1. The van der Waals surface area contributed by atoms with Crippen molar-refractivity contribution in [3.8, 4) is 5.75 Å². The number of carbonyl (C=O) groups is 2. The molecular formula is C29H43N5O4. The minimum Gasteiger partial charge on any atom is -0.493 e. The Morgan fingerprint density at radius 1 is 1.18 bits per heavy atom. The van der Waals surface area contributed by atoms with E-state index in [-0.39, 0.29) is 24.4 Å². The highest BCUT2D eigenvalue weighted by Gasteiger charge is 2.47. The zero-order valence-electron chi connectivity index (χ0n) is 23.1. The summed E-state index contributed by atoms with van der Waals surface area (Å²) in [5, 5.41) is 10.4. The first-order valence-corrected chi connectivity index (χ1v) is 14.0. The third kappa shape index (κ3) is 6.94. The number of carboxylic acid groups (broad SMARTS) is 1. The molecule has 1 aromatic heterocycles. The highest BCUT2D eigenvalue weighted by atomic mass is 16.5.